The van der Waals surface area contributed by atoms with Crippen LogP contribution in [0.2, 0.25) is 0 Å². The largest absolute Gasteiger partial charge is 0.628 e. The number of nitrogens with zero attached hydrogens (tertiary/aromatic N) is 1. The summed E-state index contributed by atoms with van der Waals surface area (Å²) in [5, 5.41) is 16.8. The summed E-state index contributed by atoms with van der Waals surface area (Å²) in [4.78, 5) is 10.6. The van der Waals surface area contributed by atoms with Gasteiger partial charge in [0.25, 0.3) is 0 Å². The molecular formula is C5H8NO2P. The predicted molar refractivity (Wildman–Crippen MR) is 34.9 cm³/mol. The summed E-state index contributed by atoms with van der Waals surface area (Å²) in [6.45, 7) is 1.74. The Balaban J connectivity index is 4.24. The minimum absolute atomic E-state index is 0.285. The van der Waals surface area contributed by atoms with Crippen molar-refractivity contribution < 1.29 is 10.00 Å². The molecule has 0 amide bonds. The van der Waals surface area contributed by atoms with E-state index in [4.69, 9.17) is 10.4 Å². The van der Waals surface area contributed by atoms with Crippen LogP contribution in [0.15, 0.2) is 0 Å². The molecule has 0 aromatic rings. The zero-order chi connectivity index (χ0) is 7.28. The molecule has 0 aromatic heterocycles. The summed E-state index contributed by atoms with van der Waals surface area (Å²) < 4.78 is 0. The summed E-state index contributed by atoms with van der Waals surface area (Å²) in [6, 6.07) is 1.78. The Bertz CT molecular complexity index is 159. The van der Waals surface area contributed by atoms with E-state index in [1.54, 1.807) is 13.0 Å². The van der Waals surface area contributed by atoms with E-state index in [0.717, 1.165) is 0 Å². The molecular weight excluding hydrogens is 137 g/mol. The van der Waals surface area contributed by atoms with E-state index in [-0.39, 0.29) is 5.29 Å². The molecule has 0 bridgehead atoms. The summed E-state index contributed by atoms with van der Waals surface area (Å²) in [5.74, 6) is 0. The van der Waals surface area contributed by atoms with Crippen molar-refractivity contribution in [2.75, 3.05) is 6.35 Å². The van der Waals surface area contributed by atoms with Crippen LogP contribution in [0.25, 0.3) is 0 Å². The maximum Gasteiger partial charge on any atom is 0.199 e. The lowest BCUT2D eigenvalue weighted by atomic mass is 10.4. The normalized spacial score (nSPS) is 12.2. The number of nitriles is 1. The minimum Gasteiger partial charge on any atom is -0.628 e. The van der Waals surface area contributed by atoms with Crippen molar-refractivity contribution in [3.05, 3.63) is 0 Å². The molecule has 9 heavy (non-hydrogen) atoms. The molecule has 0 aliphatic rings. The van der Waals surface area contributed by atoms with Gasteiger partial charge in [-0.2, -0.15) is 5.26 Å². The molecule has 1 atom stereocenters. The molecule has 0 heterocycles. The number of aliphatic hydroxyl groups excluding tert-OH is 1. The van der Waals surface area contributed by atoms with Crippen molar-refractivity contribution in [3.8, 4) is 6.07 Å². The van der Waals surface area contributed by atoms with Crippen LogP contribution in [0, 0.1) is 11.3 Å². The predicted octanol–water partition coefficient (Wildman–Crippen LogP) is -0.201. The number of hydrogen-bond donors (Lipinski definition) is 1. The molecule has 0 rings (SSSR count). The van der Waals surface area contributed by atoms with E-state index in [2.05, 4.69) is 0 Å². The second-order valence-corrected chi connectivity index (χ2v) is 3.01. The van der Waals surface area contributed by atoms with Crippen LogP contribution in [0.5, 0.6) is 0 Å². The van der Waals surface area contributed by atoms with Gasteiger partial charge in [-0.1, -0.05) is 6.92 Å². The van der Waals surface area contributed by atoms with Gasteiger partial charge in [-0.05, 0) is 0 Å². The van der Waals surface area contributed by atoms with Crippen LogP contribution in [0.4, 0.5) is 0 Å². The van der Waals surface area contributed by atoms with Gasteiger partial charge in [0.05, 0.1) is 7.77 Å². The zero-order valence-corrected chi connectivity index (χ0v) is 6.06. The maximum atomic E-state index is 10.6. The molecule has 0 saturated carbocycles. The Kier molecular flexibility index (Phi) is 4.25. The Hall–Kier alpha value is -0.420. The van der Waals surface area contributed by atoms with Crippen molar-refractivity contribution in [1.82, 2.24) is 0 Å². The van der Waals surface area contributed by atoms with E-state index in [0.29, 0.717) is 6.42 Å². The molecule has 1 N–H and O–H groups in total. The van der Waals surface area contributed by atoms with Gasteiger partial charge in [-0.3, -0.25) is 0 Å². The molecule has 0 aliphatic heterocycles. The van der Waals surface area contributed by atoms with Gasteiger partial charge in [0.2, 0.25) is 0 Å². The number of rotatable bonds is 2. The topological polar surface area (TPSA) is 67.1 Å². The lowest BCUT2D eigenvalue weighted by Crippen LogP contribution is -2.01. The molecule has 0 fully saturated rings. The van der Waals surface area contributed by atoms with Crippen LogP contribution in [-0.2, 0) is 0 Å². The summed E-state index contributed by atoms with van der Waals surface area (Å²) in [6.07, 6.45) is 0.0539. The highest BCUT2D eigenvalue weighted by Crippen LogP contribution is 2.11. The smallest absolute Gasteiger partial charge is 0.199 e. The maximum absolute atomic E-state index is 10.6. The number of hydrogen-bond acceptors (Lipinski definition) is 3. The summed E-state index contributed by atoms with van der Waals surface area (Å²) in [7, 11) is -1.78. The first-order valence-electron chi connectivity index (χ1n) is 2.57. The van der Waals surface area contributed by atoms with Crippen molar-refractivity contribution in [2.24, 2.45) is 0 Å². The molecule has 0 aromatic carbocycles. The van der Waals surface area contributed by atoms with Crippen molar-refractivity contribution in [1.29, 1.82) is 5.26 Å². The first kappa shape index (κ1) is 8.58. The number of aliphatic hydroxyl groups is 1. The average Bonchev–Trinajstić information content (AvgIpc) is 1.90. The van der Waals surface area contributed by atoms with E-state index in [9.17, 15) is 4.89 Å². The van der Waals surface area contributed by atoms with Gasteiger partial charge in [-0.15, -0.1) is 0 Å². The van der Waals surface area contributed by atoms with E-state index < -0.39 is 14.1 Å². The fourth-order valence-corrected chi connectivity index (χ4v) is 1.03. The second-order valence-electron chi connectivity index (χ2n) is 1.43. The fourth-order valence-electron chi connectivity index (χ4n) is 0.397. The Morgan fingerprint density at radius 2 is 2.44 bits per heavy atom. The van der Waals surface area contributed by atoms with Crippen molar-refractivity contribution >= 4 is 13.1 Å². The monoisotopic (exact) mass is 145 g/mol. The lowest BCUT2D eigenvalue weighted by Gasteiger charge is -1.92. The highest BCUT2D eigenvalue weighted by atomic mass is 31.1. The summed E-state index contributed by atoms with van der Waals surface area (Å²) in [5.41, 5.74) is 0. The van der Waals surface area contributed by atoms with Gasteiger partial charge in [0.1, 0.15) is 6.07 Å². The lowest BCUT2D eigenvalue weighted by molar-refractivity contribution is -0.155. The highest BCUT2D eigenvalue weighted by Gasteiger charge is 2.03. The quantitative estimate of drug-likeness (QED) is 0.547. The molecule has 1 unspecified atom stereocenters. The van der Waals surface area contributed by atoms with Gasteiger partial charge in [0.15, 0.2) is 11.6 Å². The van der Waals surface area contributed by atoms with E-state index in [1.807, 2.05) is 0 Å². The first-order valence-corrected chi connectivity index (χ1v) is 4.02. The standard InChI is InChI=1S/C5H8NO2P/c1-2-5(3-6)9(8)4-7/h7H,2,4H2,1H3. The summed E-state index contributed by atoms with van der Waals surface area (Å²) >= 11 is 0. The van der Waals surface area contributed by atoms with Crippen molar-refractivity contribution in [2.45, 2.75) is 13.3 Å². The third kappa shape index (κ3) is 2.57. The van der Waals surface area contributed by atoms with Gasteiger partial charge >= 0.3 is 0 Å². The Morgan fingerprint density at radius 1 is 1.89 bits per heavy atom. The zero-order valence-electron chi connectivity index (χ0n) is 5.16. The molecule has 4 heteroatoms. The molecule has 0 aliphatic carbocycles. The van der Waals surface area contributed by atoms with Gasteiger partial charge in [-0.25, -0.2) is 0 Å². The third-order valence-corrected chi connectivity index (χ3v) is 2.17. The molecule has 0 spiro atoms. The van der Waals surface area contributed by atoms with E-state index >= 15 is 0 Å². The van der Waals surface area contributed by atoms with Gasteiger partial charge in [0, 0.05) is 6.42 Å². The molecule has 0 radical (unpaired) electrons. The molecule has 0 saturated heterocycles. The van der Waals surface area contributed by atoms with Gasteiger partial charge < -0.3 is 10.00 Å². The molecule has 3 nitrogen and oxygen atoms in total. The van der Waals surface area contributed by atoms with Crippen LogP contribution in [-0.4, -0.2) is 16.7 Å². The first-order chi connectivity index (χ1) is 4.26. The second kappa shape index (κ2) is 4.46. The Morgan fingerprint density at radius 3 is 2.56 bits per heavy atom. The van der Waals surface area contributed by atoms with E-state index in [1.165, 1.54) is 0 Å². The minimum atomic E-state index is -1.78. The van der Waals surface area contributed by atoms with Crippen LogP contribution in [0.1, 0.15) is 13.3 Å². The molecule has 50 valence electrons. The Labute approximate surface area is 55.0 Å². The third-order valence-electron chi connectivity index (χ3n) is 0.893. The highest BCUT2D eigenvalue weighted by molar-refractivity contribution is 7.52. The van der Waals surface area contributed by atoms with Crippen LogP contribution < -0.4 is 4.89 Å². The van der Waals surface area contributed by atoms with Crippen LogP contribution in [0.3, 0.4) is 0 Å². The van der Waals surface area contributed by atoms with Crippen molar-refractivity contribution in [3.63, 3.8) is 0 Å². The SMILES string of the molecule is CC/C(C#N)=[P+](/[O-])CO. The average molecular weight is 145 g/mol. The van der Waals surface area contributed by atoms with Crippen LogP contribution >= 0.6 is 7.77 Å². The fraction of sp³-hybridized carbons (Fsp3) is 0.600.